The molecule has 0 bridgehead atoms. The topological polar surface area (TPSA) is 41.8 Å². The molecule has 0 aliphatic rings. The van der Waals surface area contributed by atoms with Gasteiger partial charge in [0.2, 0.25) is 0 Å². The minimum atomic E-state index is 0.910. The molecule has 2 aromatic heterocycles. The summed E-state index contributed by atoms with van der Waals surface area (Å²) in [5, 5.41) is 1.11. The lowest BCUT2D eigenvalue weighted by Gasteiger charge is -1.96. The van der Waals surface area contributed by atoms with Gasteiger partial charge < -0.3 is 9.40 Å². The zero-order valence-electron chi connectivity index (χ0n) is 7.40. The average Bonchev–Trinajstić information content (AvgIpc) is 2.88. The number of fused-ring (bicyclic) bond motifs is 1. The Balaban J connectivity index is 2.23. The number of aromatic amines is 1. The first kappa shape index (κ1) is 7.38. The molecule has 1 aromatic carbocycles. The molecule has 0 unspecified atom stereocenters. The van der Waals surface area contributed by atoms with E-state index in [9.17, 15) is 0 Å². The molecule has 68 valence electrons. The summed E-state index contributed by atoms with van der Waals surface area (Å²) < 4.78 is 5.26. The monoisotopic (exact) mass is 184 g/mol. The van der Waals surface area contributed by atoms with Gasteiger partial charge in [-0.3, -0.25) is 0 Å². The van der Waals surface area contributed by atoms with Gasteiger partial charge >= 0.3 is 0 Å². The Kier molecular flexibility index (Phi) is 1.44. The predicted molar refractivity (Wildman–Crippen MR) is 53.8 cm³/mol. The zero-order valence-corrected chi connectivity index (χ0v) is 7.40. The van der Waals surface area contributed by atoms with Crippen LogP contribution in [-0.4, -0.2) is 9.97 Å². The lowest BCUT2D eigenvalue weighted by atomic mass is 10.1. The van der Waals surface area contributed by atoms with Gasteiger partial charge in [0.15, 0.2) is 0 Å². The maximum Gasteiger partial charge on any atom is 0.133 e. The summed E-state index contributed by atoms with van der Waals surface area (Å²) in [6.07, 6.45) is 5.18. The van der Waals surface area contributed by atoms with Crippen molar-refractivity contribution in [2.24, 2.45) is 0 Å². The molecule has 0 saturated carbocycles. The highest BCUT2D eigenvalue weighted by Gasteiger charge is 2.01. The molecule has 2 heterocycles. The van der Waals surface area contributed by atoms with Gasteiger partial charge in [0, 0.05) is 10.9 Å². The van der Waals surface area contributed by atoms with Crippen LogP contribution in [0.25, 0.3) is 22.2 Å². The molecule has 3 heteroatoms. The van der Waals surface area contributed by atoms with Crippen molar-refractivity contribution in [3.05, 3.63) is 43.1 Å². The van der Waals surface area contributed by atoms with Crippen molar-refractivity contribution < 1.29 is 4.42 Å². The smallest absolute Gasteiger partial charge is 0.133 e. The van der Waals surface area contributed by atoms with Crippen LogP contribution in [0, 0.1) is 0 Å². The van der Waals surface area contributed by atoms with E-state index < -0.39 is 0 Å². The molecule has 3 nitrogen and oxygen atoms in total. The second-order valence-electron chi connectivity index (χ2n) is 3.14. The fraction of sp³-hybridized carbons (Fsp3) is 0. The number of nitrogens with one attached hydrogen (secondary N) is 1. The van der Waals surface area contributed by atoms with Gasteiger partial charge in [0.05, 0.1) is 24.5 Å². The highest BCUT2D eigenvalue weighted by atomic mass is 16.3. The van der Waals surface area contributed by atoms with E-state index in [0.29, 0.717) is 0 Å². The van der Waals surface area contributed by atoms with Crippen LogP contribution >= 0.6 is 0 Å². The Bertz CT molecular complexity index is 551. The third-order valence-electron chi connectivity index (χ3n) is 2.26. The first-order chi connectivity index (χ1) is 6.93. The second-order valence-corrected chi connectivity index (χ2v) is 3.14. The molecular formula is C11H8N2O. The predicted octanol–water partition coefficient (Wildman–Crippen LogP) is 2.82. The third kappa shape index (κ3) is 1.03. The molecule has 0 atom stereocenters. The van der Waals surface area contributed by atoms with Crippen LogP contribution in [0.1, 0.15) is 0 Å². The summed E-state index contributed by atoms with van der Waals surface area (Å²) in [4.78, 5) is 7.06. The van der Waals surface area contributed by atoms with Gasteiger partial charge in [0.25, 0.3) is 0 Å². The van der Waals surface area contributed by atoms with Crippen LogP contribution in [0.15, 0.2) is 47.5 Å². The molecule has 3 aromatic rings. The molecule has 3 rings (SSSR count). The van der Waals surface area contributed by atoms with Gasteiger partial charge in [-0.05, 0) is 24.3 Å². The Hall–Kier alpha value is -2.03. The number of aromatic nitrogens is 2. The lowest BCUT2D eigenvalue weighted by Crippen LogP contribution is -1.75. The summed E-state index contributed by atoms with van der Waals surface area (Å²) in [5.74, 6) is 0. The van der Waals surface area contributed by atoms with E-state index in [1.807, 2.05) is 18.2 Å². The van der Waals surface area contributed by atoms with Gasteiger partial charge in [-0.25, -0.2) is 4.98 Å². The molecule has 0 amide bonds. The van der Waals surface area contributed by atoms with Crippen molar-refractivity contribution in [1.82, 2.24) is 9.97 Å². The Labute approximate surface area is 80.4 Å². The third-order valence-corrected chi connectivity index (χ3v) is 2.26. The minimum Gasteiger partial charge on any atom is -0.464 e. The van der Waals surface area contributed by atoms with Gasteiger partial charge in [-0.1, -0.05) is 0 Å². The lowest BCUT2D eigenvalue weighted by molar-refractivity contribution is 0.616. The maximum absolute atomic E-state index is 5.26. The Morgan fingerprint density at radius 1 is 1.21 bits per heavy atom. The van der Waals surface area contributed by atoms with E-state index in [-0.39, 0.29) is 0 Å². The number of hydrogen-bond acceptors (Lipinski definition) is 2. The van der Waals surface area contributed by atoms with Gasteiger partial charge in [-0.2, -0.15) is 0 Å². The number of imidazole rings is 1. The van der Waals surface area contributed by atoms with E-state index in [1.54, 1.807) is 18.8 Å². The van der Waals surface area contributed by atoms with Crippen molar-refractivity contribution in [3.63, 3.8) is 0 Å². The molecule has 14 heavy (non-hydrogen) atoms. The van der Waals surface area contributed by atoms with Crippen LogP contribution in [0.5, 0.6) is 0 Å². The fourth-order valence-electron chi connectivity index (χ4n) is 1.55. The summed E-state index contributed by atoms with van der Waals surface area (Å²) in [5.41, 5.74) is 3.05. The summed E-state index contributed by atoms with van der Waals surface area (Å²) >= 11 is 0. The minimum absolute atomic E-state index is 0.910. The van der Waals surface area contributed by atoms with E-state index >= 15 is 0 Å². The summed E-state index contributed by atoms with van der Waals surface area (Å²) in [6.45, 7) is 0. The van der Waals surface area contributed by atoms with Crippen LogP contribution in [0.2, 0.25) is 0 Å². The standard InChI is InChI=1S/C11H8N2O/c1-2-11-9(3-4-14-11)5-8(1)10-6-12-7-13-10/h1-7H,(H,12,13). The molecular weight excluding hydrogens is 176 g/mol. The first-order valence-electron chi connectivity index (χ1n) is 4.39. The van der Waals surface area contributed by atoms with Crippen molar-refractivity contribution in [3.8, 4) is 11.3 Å². The Morgan fingerprint density at radius 3 is 3.07 bits per heavy atom. The molecule has 0 spiro atoms. The summed E-state index contributed by atoms with van der Waals surface area (Å²) in [6, 6.07) is 8.01. The number of H-pyrrole nitrogens is 1. The first-order valence-corrected chi connectivity index (χ1v) is 4.39. The van der Waals surface area contributed by atoms with Crippen LogP contribution in [0.4, 0.5) is 0 Å². The second kappa shape index (κ2) is 2.73. The molecule has 0 aliphatic heterocycles. The van der Waals surface area contributed by atoms with E-state index in [0.717, 1.165) is 22.2 Å². The Morgan fingerprint density at radius 2 is 2.21 bits per heavy atom. The molecule has 0 aliphatic carbocycles. The van der Waals surface area contributed by atoms with E-state index in [4.69, 9.17) is 4.42 Å². The zero-order chi connectivity index (χ0) is 9.38. The maximum atomic E-state index is 5.26. The number of rotatable bonds is 1. The van der Waals surface area contributed by atoms with Crippen LogP contribution in [0.3, 0.4) is 0 Å². The SMILES string of the molecule is c1ncc(-c2ccc3occc3c2)[nH]1. The van der Waals surface area contributed by atoms with Crippen LogP contribution in [-0.2, 0) is 0 Å². The van der Waals surface area contributed by atoms with E-state index in [1.165, 1.54) is 0 Å². The van der Waals surface area contributed by atoms with Crippen LogP contribution < -0.4 is 0 Å². The number of furan rings is 1. The van der Waals surface area contributed by atoms with Crippen molar-refractivity contribution in [1.29, 1.82) is 0 Å². The average molecular weight is 184 g/mol. The molecule has 1 N–H and O–H groups in total. The summed E-state index contributed by atoms with van der Waals surface area (Å²) in [7, 11) is 0. The number of nitrogens with zero attached hydrogens (tertiary/aromatic N) is 1. The number of benzene rings is 1. The molecule has 0 radical (unpaired) electrons. The highest BCUT2D eigenvalue weighted by Crippen LogP contribution is 2.22. The largest absolute Gasteiger partial charge is 0.464 e. The van der Waals surface area contributed by atoms with Crippen molar-refractivity contribution in [2.75, 3.05) is 0 Å². The van der Waals surface area contributed by atoms with Crippen molar-refractivity contribution in [2.45, 2.75) is 0 Å². The highest BCUT2D eigenvalue weighted by molar-refractivity contribution is 5.82. The van der Waals surface area contributed by atoms with Crippen molar-refractivity contribution >= 4 is 11.0 Å². The number of hydrogen-bond donors (Lipinski definition) is 1. The quantitative estimate of drug-likeness (QED) is 0.631. The molecule has 0 saturated heterocycles. The van der Waals surface area contributed by atoms with Gasteiger partial charge in [-0.15, -0.1) is 0 Å². The molecule has 0 fully saturated rings. The normalized spacial score (nSPS) is 10.9. The van der Waals surface area contributed by atoms with Gasteiger partial charge in [0.1, 0.15) is 5.58 Å². The fourth-order valence-corrected chi connectivity index (χ4v) is 1.55. The van der Waals surface area contributed by atoms with E-state index in [2.05, 4.69) is 16.0 Å².